The molecule has 0 fully saturated rings. The summed E-state index contributed by atoms with van der Waals surface area (Å²) in [5.74, 6) is 1.50. The van der Waals surface area contributed by atoms with E-state index in [4.69, 9.17) is 0 Å². The highest BCUT2D eigenvalue weighted by Gasteiger charge is 2.18. The highest BCUT2D eigenvalue weighted by atomic mass is 16.3. The number of benzene rings is 2. The van der Waals surface area contributed by atoms with Gasteiger partial charge in [-0.3, -0.25) is 0 Å². The lowest BCUT2D eigenvalue weighted by molar-refractivity contribution is 0.474. The Morgan fingerprint density at radius 2 is 0.955 bits per heavy atom. The standard InChI is InChI=1S/C18H18O2.C2H6/c19-17-9-5-15(6-10-17)13-1-2-14(4-3-13)16-7-11-18(20)12-8-16;1-2/h1-2,5-14,19-20H,3-4H2;1-2H3. The van der Waals surface area contributed by atoms with Gasteiger partial charge >= 0.3 is 0 Å². The van der Waals surface area contributed by atoms with E-state index in [0.29, 0.717) is 23.3 Å². The number of rotatable bonds is 2. The Hall–Kier alpha value is -2.22. The van der Waals surface area contributed by atoms with Crippen molar-refractivity contribution in [2.24, 2.45) is 0 Å². The highest BCUT2D eigenvalue weighted by molar-refractivity contribution is 5.35. The Morgan fingerprint density at radius 3 is 1.23 bits per heavy atom. The van der Waals surface area contributed by atoms with Crippen LogP contribution in [0, 0.1) is 0 Å². The predicted molar refractivity (Wildman–Crippen MR) is 91.4 cm³/mol. The van der Waals surface area contributed by atoms with E-state index >= 15 is 0 Å². The number of allylic oxidation sites excluding steroid dienone is 2. The molecule has 0 saturated heterocycles. The predicted octanol–water partition coefficient (Wildman–Crippen LogP) is 5.34. The Balaban J connectivity index is 0.000000847. The fourth-order valence-corrected chi connectivity index (χ4v) is 2.82. The minimum atomic E-state index is 0.315. The molecule has 2 heteroatoms. The topological polar surface area (TPSA) is 40.5 Å². The van der Waals surface area contributed by atoms with E-state index in [-0.39, 0.29) is 0 Å². The maximum absolute atomic E-state index is 9.33. The van der Waals surface area contributed by atoms with Crippen LogP contribution in [0.5, 0.6) is 11.5 Å². The molecule has 0 bridgehead atoms. The zero-order valence-corrected chi connectivity index (χ0v) is 13.2. The first-order valence-corrected chi connectivity index (χ1v) is 7.98. The van der Waals surface area contributed by atoms with Crippen LogP contribution in [0.1, 0.15) is 49.7 Å². The van der Waals surface area contributed by atoms with Crippen molar-refractivity contribution < 1.29 is 10.2 Å². The number of phenolic OH excluding ortho intramolecular Hbond substituents is 2. The fourth-order valence-electron chi connectivity index (χ4n) is 2.82. The molecule has 116 valence electrons. The van der Waals surface area contributed by atoms with Crippen LogP contribution in [0.3, 0.4) is 0 Å². The molecule has 2 unspecified atom stereocenters. The van der Waals surface area contributed by atoms with Gasteiger partial charge in [-0.15, -0.1) is 0 Å². The van der Waals surface area contributed by atoms with E-state index in [1.165, 1.54) is 11.1 Å². The lowest BCUT2D eigenvalue weighted by Gasteiger charge is -2.23. The normalized spacial score (nSPS) is 20.1. The van der Waals surface area contributed by atoms with E-state index in [9.17, 15) is 10.2 Å². The zero-order valence-electron chi connectivity index (χ0n) is 13.2. The maximum Gasteiger partial charge on any atom is 0.115 e. The first kappa shape index (κ1) is 16.2. The first-order valence-electron chi connectivity index (χ1n) is 7.98. The summed E-state index contributed by atoms with van der Waals surface area (Å²) < 4.78 is 0. The van der Waals surface area contributed by atoms with Gasteiger partial charge in [0.15, 0.2) is 0 Å². The lowest BCUT2D eigenvalue weighted by atomic mass is 9.81. The number of aromatic hydroxyl groups is 2. The molecular weight excluding hydrogens is 272 g/mol. The molecule has 22 heavy (non-hydrogen) atoms. The van der Waals surface area contributed by atoms with Crippen LogP contribution in [-0.4, -0.2) is 10.2 Å². The van der Waals surface area contributed by atoms with Crippen molar-refractivity contribution in [2.75, 3.05) is 0 Å². The Bertz CT molecular complexity index is 541. The van der Waals surface area contributed by atoms with Crippen LogP contribution in [0.25, 0.3) is 0 Å². The van der Waals surface area contributed by atoms with Gasteiger partial charge in [0.1, 0.15) is 11.5 Å². The lowest BCUT2D eigenvalue weighted by Crippen LogP contribution is -2.06. The van der Waals surface area contributed by atoms with Crippen LogP contribution in [0.15, 0.2) is 60.7 Å². The minimum Gasteiger partial charge on any atom is -0.508 e. The first-order chi connectivity index (χ1) is 10.7. The quantitative estimate of drug-likeness (QED) is 0.734. The number of phenols is 2. The summed E-state index contributed by atoms with van der Waals surface area (Å²) in [5.41, 5.74) is 2.51. The second-order valence-electron chi connectivity index (χ2n) is 5.36. The Labute approximate surface area is 132 Å². The Morgan fingerprint density at radius 1 is 0.636 bits per heavy atom. The summed E-state index contributed by atoms with van der Waals surface area (Å²) in [4.78, 5) is 0. The molecule has 0 aliphatic heterocycles. The molecule has 1 aliphatic carbocycles. The average molecular weight is 296 g/mol. The molecule has 0 aromatic heterocycles. The van der Waals surface area contributed by atoms with E-state index in [0.717, 1.165) is 12.8 Å². The third-order valence-electron chi connectivity index (χ3n) is 4.01. The van der Waals surface area contributed by atoms with Gasteiger partial charge in [0, 0.05) is 11.8 Å². The molecule has 2 nitrogen and oxygen atoms in total. The SMILES string of the molecule is CC.Oc1ccc(C2C=CC(c3ccc(O)cc3)CC2)cc1. The van der Waals surface area contributed by atoms with Crippen LogP contribution in [0.4, 0.5) is 0 Å². The Kier molecular flexibility index (Phi) is 5.65. The summed E-state index contributed by atoms with van der Waals surface area (Å²) in [6.45, 7) is 4.00. The van der Waals surface area contributed by atoms with Crippen LogP contribution >= 0.6 is 0 Å². The summed E-state index contributed by atoms with van der Waals surface area (Å²) >= 11 is 0. The summed E-state index contributed by atoms with van der Waals surface area (Å²) in [6.07, 6.45) is 6.72. The van der Waals surface area contributed by atoms with Crippen molar-refractivity contribution in [1.29, 1.82) is 0 Å². The van der Waals surface area contributed by atoms with Gasteiger partial charge in [-0.05, 0) is 48.2 Å². The molecular formula is C20H24O2. The second-order valence-corrected chi connectivity index (χ2v) is 5.36. The van der Waals surface area contributed by atoms with E-state index in [1.54, 1.807) is 24.3 Å². The van der Waals surface area contributed by atoms with E-state index < -0.39 is 0 Å². The van der Waals surface area contributed by atoms with Gasteiger partial charge in [-0.25, -0.2) is 0 Å². The van der Waals surface area contributed by atoms with Crippen molar-refractivity contribution >= 4 is 0 Å². The molecule has 0 heterocycles. The van der Waals surface area contributed by atoms with E-state index in [1.807, 2.05) is 38.1 Å². The summed E-state index contributed by atoms with van der Waals surface area (Å²) in [6, 6.07) is 14.9. The zero-order chi connectivity index (χ0) is 15.9. The molecule has 0 saturated carbocycles. The number of hydrogen-bond acceptors (Lipinski definition) is 2. The smallest absolute Gasteiger partial charge is 0.115 e. The van der Waals surface area contributed by atoms with Crippen LogP contribution in [-0.2, 0) is 0 Å². The second kappa shape index (κ2) is 7.69. The molecule has 2 aromatic rings. The molecule has 0 spiro atoms. The summed E-state index contributed by atoms with van der Waals surface area (Å²) in [7, 11) is 0. The van der Waals surface area contributed by atoms with Crippen molar-refractivity contribution in [2.45, 2.75) is 38.5 Å². The number of hydrogen-bond donors (Lipinski definition) is 2. The molecule has 2 aromatic carbocycles. The van der Waals surface area contributed by atoms with Gasteiger partial charge in [-0.1, -0.05) is 50.3 Å². The largest absolute Gasteiger partial charge is 0.508 e. The van der Waals surface area contributed by atoms with Crippen LogP contribution in [0.2, 0.25) is 0 Å². The monoisotopic (exact) mass is 296 g/mol. The molecule has 3 rings (SSSR count). The van der Waals surface area contributed by atoms with Gasteiger partial charge < -0.3 is 10.2 Å². The highest BCUT2D eigenvalue weighted by Crippen LogP contribution is 2.35. The van der Waals surface area contributed by atoms with Crippen LogP contribution < -0.4 is 0 Å². The summed E-state index contributed by atoms with van der Waals surface area (Å²) in [5, 5.41) is 18.7. The molecule has 0 amide bonds. The molecule has 2 N–H and O–H groups in total. The third kappa shape index (κ3) is 3.91. The van der Waals surface area contributed by atoms with Gasteiger partial charge in [-0.2, -0.15) is 0 Å². The maximum atomic E-state index is 9.33. The van der Waals surface area contributed by atoms with E-state index in [2.05, 4.69) is 12.2 Å². The van der Waals surface area contributed by atoms with Crippen molar-refractivity contribution in [3.05, 3.63) is 71.8 Å². The molecule has 0 radical (unpaired) electrons. The van der Waals surface area contributed by atoms with Crippen molar-refractivity contribution in [3.63, 3.8) is 0 Å². The average Bonchev–Trinajstić information content (AvgIpc) is 2.58. The van der Waals surface area contributed by atoms with Gasteiger partial charge in [0.2, 0.25) is 0 Å². The minimum absolute atomic E-state index is 0.315. The van der Waals surface area contributed by atoms with Crippen molar-refractivity contribution in [3.8, 4) is 11.5 Å². The third-order valence-corrected chi connectivity index (χ3v) is 4.01. The van der Waals surface area contributed by atoms with Gasteiger partial charge in [0.05, 0.1) is 0 Å². The fraction of sp³-hybridized carbons (Fsp3) is 0.300. The van der Waals surface area contributed by atoms with Gasteiger partial charge in [0.25, 0.3) is 0 Å². The molecule has 1 aliphatic rings. The van der Waals surface area contributed by atoms with Crippen molar-refractivity contribution in [1.82, 2.24) is 0 Å². The molecule has 2 atom stereocenters.